The molecule has 16 heavy (non-hydrogen) atoms. The zero-order valence-corrected chi connectivity index (χ0v) is 11.1. The van der Waals surface area contributed by atoms with E-state index in [1.54, 1.807) is 0 Å². The molecular formula is C14H21NS. The Morgan fingerprint density at radius 1 is 1.31 bits per heavy atom. The Hall–Kier alpha value is -0.470. The first-order chi connectivity index (χ1) is 7.72. The van der Waals surface area contributed by atoms with Crippen molar-refractivity contribution in [1.82, 2.24) is 0 Å². The van der Waals surface area contributed by atoms with Gasteiger partial charge in [-0.05, 0) is 43.2 Å². The molecule has 88 valence electrons. The summed E-state index contributed by atoms with van der Waals surface area (Å²) in [5, 5.41) is 0. The van der Waals surface area contributed by atoms with Gasteiger partial charge in [-0.3, -0.25) is 0 Å². The number of hydrogen-bond acceptors (Lipinski definition) is 2. The summed E-state index contributed by atoms with van der Waals surface area (Å²) in [5.74, 6) is 0. The van der Waals surface area contributed by atoms with Gasteiger partial charge in [0.05, 0.1) is 0 Å². The molecule has 0 bridgehead atoms. The number of benzene rings is 1. The number of thioether (sulfide) groups is 1. The lowest BCUT2D eigenvalue weighted by Gasteiger charge is -2.28. The Bertz CT molecular complexity index is 367. The largest absolute Gasteiger partial charge is 0.330 e. The van der Waals surface area contributed by atoms with Crippen LogP contribution in [0.4, 0.5) is 0 Å². The zero-order chi connectivity index (χ0) is 11.6. The minimum Gasteiger partial charge on any atom is -0.330 e. The average molecular weight is 235 g/mol. The van der Waals surface area contributed by atoms with Gasteiger partial charge in [0.15, 0.2) is 0 Å². The van der Waals surface area contributed by atoms with Gasteiger partial charge in [-0.25, -0.2) is 0 Å². The van der Waals surface area contributed by atoms with Crippen molar-refractivity contribution in [2.24, 2.45) is 5.73 Å². The molecule has 1 aliphatic rings. The van der Waals surface area contributed by atoms with Crippen LogP contribution in [-0.4, -0.2) is 12.8 Å². The van der Waals surface area contributed by atoms with Gasteiger partial charge in [-0.1, -0.05) is 25.0 Å². The highest BCUT2D eigenvalue weighted by Crippen LogP contribution is 2.41. The first-order valence-corrected chi connectivity index (χ1v) is 7.29. The summed E-state index contributed by atoms with van der Waals surface area (Å²) < 4.78 is 0. The molecule has 1 nitrogen and oxygen atoms in total. The second-order valence-corrected chi connectivity index (χ2v) is 5.72. The van der Waals surface area contributed by atoms with Crippen LogP contribution < -0.4 is 5.73 Å². The highest BCUT2D eigenvalue weighted by molar-refractivity contribution is 7.98. The van der Waals surface area contributed by atoms with Crippen LogP contribution in [0, 0.1) is 6.92 Å². The molecule has 1 aliphatic carbocycles. The molecule has 0 amide bonds. The van der Waals surface area contributed by atoms with Gasteiger partial charge in [0, 0.05) is 16.9 Å². The molecule has 1 aromatic rings. The van der Waals surface area contributed by atoms with E-state index in [0.717, 1.165) is 6.54 Å². The lowest BCUT2D eigenvalue weighted by atomic mass is 9.79. The lowest BCUT2D eigenvalue weighted by Crippen LogP contribution is -2.32. The number of hydrogen-bond donors (Lipinski definition) is 1. The molecule has 0 spiro atoms. The fourth-order valence-electron chi connectivity index (χ4n) is 2.81. The smallest absolute Gasteiger partial charge is 0.0101 e. The number of aryl methyl sites for hydroxylation is 1. The van der Waals surface area contributed by atoms with E-state index in [1.165, 1.54) is 41.7 Å². The molecule has 1 fully saturated rings. The van der Waals surface area contributed by atoms with E-state index in [0.29, 0.717) is 0 Å². The second kappa shape index (κ2) is 4.80. The monoisotopic (exact) mass is 235 g/mol. The van der Waals surface area contributed by atoms with Gasteiger partial charge < -0.3 is 5.73 Å². The van der Waals surface area contributed by atoms with E-state index in [2.05, 4.69) is 31.4 Å². The van der Waals surface area contributed by atoms with Crippen LogP contribution in [0.5, 0.6) is 0 Å². The third-order valence-corrected chi connectivity index (χ3v) is 4.85. The predicted octanol–water partition coefficient (Wildman–Crippen LogP) is 3.49. The molecule has 1 saturated carbocycles. The van der Waals surface area contributed by atoms with Gasteiger partial charge in [0.1, 0.15) is 0 Å². The topological polar surface area (TPSA) is 26.0 Å². The van der Waals surface area contributed by atoms with E-state index in [1.807, 2.05) is 11.8 Å². The summed E-state index contributed by atoms with van der Waals surface area (Å²) in [6, 6.07) is 6.89. The van der Waals surface area contributed by atoms with Crippen LogP contribution >= 0.6 is 11.8 Å². The first-order valence-electron chi connectivity index (χ1n) is 6.07. The van der Waals surface area contributed by atoms with Crippen molar-refractivity contribution >= 4 is 11.8 Å². The van der Waals surface area contributed by atoms with Gasteiger partial charge in [0.2, 0.25) is 0 Å². The summed E-state index contributed by atoms with van der Waals surface area (Å²) in [5.41, 5.74) is 9.14. The molecule has 0 atom stereocenters. The number of rotatable bonds is 3. The molecule has 2 heteroatoms. The first kappa shape index (κ1) is 12.0. The minimum atomic E-state index is 0.276. The van der Waals surface area contributed by atoms with E-state index in [-0.39, 0.29) is 5.41 Å². The van der Waals surface area contributed by atoms with Gasteiger partial charge >= 0.3 is 0 Å². The van der Waals surface area contributed by atoms with E-state index in [4.69, 9.17) is 5.73 Å². The lowest BCUT2D eigenvalue weighted by molar-refractivity contribution is 0.452. The maximum absolute atomic E-state index is 6.02. The van der Waals surface area contributed by atoms with Gasteiger partial charge in [-0.2, -0.15) is 0 Å². The van der Waals surface area contributed by atoms with Crippen molar-refractivity contribution in [2.75, 3.05) is 12.8 Å². The van der Waals surface area contributed by atoms with E-state index >= 15 is 0 Å². The fraction of sp³-hybridized carbons (Fsp3) is 0.571. The summed E-state index contributed by atoms with van der Waals surface area (Å²) >= 11 is 1.84. The van der Waals surface area contributed by atoms with Crippen molar-refractivity contribution in [1.29, 1.82) is 0 Å². The quantitative estimate of drug-likeness (QED) is 0.812. The molecular weight excluding hydrogens is 214 g/mol. The van der Waals surface area contributed by atoms with Crippen molar-refractivity contribution in [3.8, 4) is 0 Å². The van der Waals surface area contributed by atoms with Gasteiger partial charge in [0.25, 0.3) is 0 Å². The van der Waals surface area contributed by atoms with Crippen molar-refractivity contribution in [3.63, 3.8) is 0 Å². The third-order valence-electron chi connectivity index (χ3n) is 3.97. The van der Waals surface area contributed by atoms with Crippen molar-refractivity contribution < 1.29 is 0 Å². The standard InChI is InChI=1S/C14H21NS/c1-11-5-6-12(9-13(11)16-2)14(10-15)7-3-4-8-14/h5-6,9H,3-4,7-8,10,15H2,1-2H3. The molecule has 0 saturated heterocycles. The van der Waals surface area contributed by atoms with Crippen LogP contribution in [0.3, 0.4) is 0 Å². The fourth-order valence-corrected chi connectivity index (χ4v) is 3.45. The van der Waals surface area contributed by atoms with Gasteiger partial charge in [-0.15, -0.1) is 11.8 Å². The predicted molar refractivity (Wildman–Crippen MR) is 72.2 cm³/mol. The summed E-state index contributed by atoms with van der Waals surface area (Å²) in [7, 11) is 0. The summed E-state index contributed by atoms with van der Waals surface area (Å²) in [6.45, 7) is 2.98. The van der Waals surface area contributed by atoms with Crippen LogP contribution in [0.15, 0.2) is 23.1 Å². The molecule has 0 heterocycles. The van der Waals surface area contributed by atoms with Crippen LogP contribution in [0.1, 0.15) is 36.8 Å². The minimum absolute atomic E-state index is 0.276. The summed E-state index contributed by atoms with van der Waals surface area (Å²) in [6.07, 6.45) is 7.34. The Morgan fingerprint density at radius 2 is 2.00 bits per heavy atom. The molecule has 2 N–H and O–H groups in total. The van der Waals surface area contributed by atoms with Crippen molar-refractivity contribution in [3.05, 3.63) is 29.3 Å². The maximum atomic E-state index is 6.02. The Morgan fingerprint density at radius 3 is 2.56 bits per heavy atom. The second-order valence-electron chi connectivity index (χ2n) is 4.88. The normalized spacial score (nSPS) is 18.9. The molecule has 0 radical (unpaired) electrons. The zero-order valence-electron chi connectivity index (χ0n) is 10.3. The number of nitrogens with two attached hydrogens (primary N) is 1. The molecule has 0 aliphatic heterocycles. The van der Waals surface area contributed by atoms with Crippen LogP contribution in [-0.2, 0) is 5.41 Å². The molecule has 2 rings (SSSR count). The van der Waals surface area contributed by atoms with E-state index in [9.17, 15) is 0 Å². The Balaban J connectivity index is 2.38. The average Bonchev–Trinajstić information content (AvgIpc) is 2.79. The Kier molecular flexibility index (Phi) is 3.60. The van der Waals surface area contributed by atoms with Crippen LogP contribution in [0.2, 0.25) is 0 Å². The highest BCUT2D eigenvalue weighted by Gasteiger charge is 2.34. The molecule has 1 aromatic carbocycles. The summed E-state index contributed by atoms with van der Waals surface area (Å²) in [4.78, 5) is 1.40. The van der Waals surface area contributed by atoms with Crippen LogP contribution in [0.25, 0.3) is 0 Å². The van der Waals surface area contributed by atoms with E-state index < -0.39 is 0 Å². The Labute approximate surface area is 103 Å². The maximum Gasteiger partial charge on any atom is 0.0101 e. The molecule has 0 unspecified atom stereocenters. The third kappa shape index (κ3) is 2.01. The molecule has 0 aromatic heterocycles. The highest BCUT2D eigenvalue weighted by atomic mass is 32.2. The van der Waals surface area contributed by atoms with Crippen molar-refractivity contribution in [2.45, 2.75) is 42.9 Å². The SMILES string of the molecule is CSc1cc(C2(CN)CCCC2)ccc1C.